The molecule has 5 heteroatoms. The molecular formula is C15H18BrNO3. The molecule has 0 atom stereocenters. The number of benzene rings is 1. The van der Waals surface area contributed by atoms with E-state index in [1.165, 1.54) is 0 Å². The highest BCUT2D eigenvalue weighted by Crippen LogP contribution is 2.35. The molecule has 1 saturated carbocycles. The van der Waals surface area contributed by atoms with E-state index in [-0.39, 0.29) is 12.3 Å². The lowest BCUT2D eigenvalue weighted by atomic mass is 9.74. The first-order valence-electron chi connectivity index (χ1n) is 6.76. The smallest absolute Gasteiger partial charge is 0.305 e. The third-order valence-electron chi connectivity index (χ3n) is 3.76. The molecule has 1 aromatic carbocycles. The summed E-state index contributed by atoms with van der Waals surface area (Å²) in [5.74, 6) is -0.910. The van der Waals surface area contributed by atoms with Crippen molar-refractivity contribution in [3.8, 4) is 0 Å². The van der Waals surface area contributed by atoms with Gasteiger partial charge in [-0.25, -0.2) is 0 Å². The van der Waals surface area contributed by atoms with Gasteiger partial charge in [0, 0.05) is 10.9 Å². The Morgan fingerprint density at radius 2 is 1.90 bits per heavy atom. The molecule has 0 spiro atoms. The Morgan fingerprint density at radius 3 is 2.40 bits per heavy atom. The van der Waals surface area contributed by atoms with Gasteiger partial charge in [-0.3, -0.25) is 9.59 Å². The first-order valence-corrected chi connectivity index (χ1v) is 7.56. The molecule has 0 saturated heterocycles. The monoisotopic (exact) mass is 339 g/mol. The summed E-state index contributed by atoms with van der Waals surface area (Å²) in [6, 6.07) is 7.86. The van der Waals surface area contributed by atoms with Crippen molar-refractivity contribution < 1.29 is 14.7 Å². The zero-order valence-corrected chi connectivity index (χ0v) is 12.8. The van der Waals surface area contributed by atoms with Crippen LogP contribution in [0.3, 0.4) is 0 Å². The molecule has 2 rings (SSSR count). The molecule has 0 radical (unpaired) electrons. The number of hydrogen-bond donors (Lipinski definition) is 2. The summed E-state index contributed by atoms with van der Waals surface area (Å²) in [7, 11) is 0. The van der Waals surface area contributed by atoms with Gasteiger partial charge in [-0.15, -0.1) is 0 Å². The van der Waals surface area contributed by atoms with Crippen molar-refractivity contribution in [1.82, 2.24) is 5.32 Å². The molecule has 1 amide bonds. The van der Waals surface area contributed by atoms with Gasteiger partial charge >= 0.3 is 5.97 Å². The van der Waals surface area contributed by atoms with E-state index < -0.39 is 11.5 Å². The predicted molar refractivity (Wildman–Crippen MR) is 79.4 cm³/mol. The first kappa shape index (κ1) is 15.0. The number of amides is 1. The normalized spacial score (nSPS) is 16.2. The Balaban J connectivity index is 1.83. The van der Waals surface area contributed by atoms with Crippen LogP contribution in [-0.2, 0) is 16.0 Å². The maximum Gasteiger partial charge on any atom is 0.305 e. The molecule has 0 bridgehead atoms. The molecule has 0 unspecified atom stereocenters. The second-order valence-electron chi connectivity index (χ2n) is 5.38. The summed E-state index contributed by atoms with van der Waals surface area (Å²) in [6.45, 7) is 0. The SMILES string of the molecule is O=C(O)CC1(NC(=O)CCc2ccc(Br)cc2)CCC1. The summed E-state index contributed by atoms with van der Waals surface area (Å²) >= 11 is 3.37. The molecule has 1 aliphatic carbocycles. The molecular weight excluding hydrogens is 322 g/mol. The highest BCUT2D eigenvalue weighted by Gasteiger charge is 2.40. The Bertz CT molecular complexity index is 494. The molecule has 1 aliphatic rings. The van der Waals surface area contributed by atoms with Gasteiger partial charge in [-0.1, -0.05) is 28.1 Å². The fourth-order valence-corrected chi connectivity index (χ4v) is 2.77. The number of nitrogens with one attached hydrogen (secondary N) is 1. The topological polar surface area (TPSA) is 66.4 Å². The van der Waals surface area contributed by atoms with Gasteiger partial charge in [0.1, 0.15) is 0 Å². The Labute approximate surface area is 126 Å². The standard InChI is InChI=1S/C15H18BrNO3/c16-12-5-2-11(3-6-12)4-7-13(18)17-15(8-1-9-15)10-14(19)20/h2-3,5-6H,1,4,7-10H2,(H,17,18)(H,19,20). The summed E-state index contributed by atoms with van der Waals surface area (Å²) in [5.41, 5.74) is 0.604. The molecule has 1 fully saturated rings. The second kappa shape index (κ2) is 6.39. The maximum atomic E-state index is 12.0. The van der Waals surface area contributed by atoms with Crippen molar-refractivity contribution in [3.63, 3.8) is 0 Å². The first-order chi connectivity index (χ1) is 9.49. The largest absolute Gasteiger partial charge is 0.481 e. The number of carboxylic acids is 1. The van der Waals surface area contributed by atoms with Crippen LogP contribution in [0.15, 0.2) is 28.7 Å². The van der Waals surface area contributed by atoms with Crippen LogP contribution in [0.2, 0.25) is 0 Å². The van der Waals surface area contributed by atoms with Crippen LogP contribution in [0.5, 0.6) is 0 Å². The number of carboxylic acid groups (broad SMARTS) is 1. The summed E-state index contributed by atoms with van der Waals surface area (Å²) in [5, 5.41) is 11.8. The van der Waals surface area contributed by atoms with Crippen LogP contribution in [0, 0.1) is 0 Å². The van der Waals surface area contributed by atoms with Gasteiger partial charge in [-0.2, -0.15) is 0 Å². The molecule has 0 heterocycles. The lowest BCUT2D eigenvalue weighted by Gasteiger charge is -2.41. The van der Waals surface area contributed by atoms with Crippen LogP contribution in [-0.4, -0.2) is 22.5 Å². The molecule has 108 valence electrons. The van der Waals surface area contributed by atoms with Gasteiger partial charge in [0.25, 0.3) is 0 Å². The van der Waals surface area contributed by atoms with Crippen LogP contribution >= 0.6 is 15.9 Å². The van der Waals surface area contributed by atoms with E-state index in [1.54, 1.807) is 0 Å². The van der Waals surface area contributed by atoms with Crippen molar-refractivity contribution in [3.05, 3.63) is 34.3 Å². The van der Waals surface area contributed by atoms with E-state index in [4.69, 9.17) is 5.11 Å². The second-order valence-corrected chi connectivity index (χ2v) is 6.29. The summed E-state index contributed by atoms with van der Waals surface area (Å²) in [4.78, 5) is 22.8. The minimum atomic E-state index is -0.849. The van der Waals surface area contributed by atoms with E-state index >= 15 is 0 Å². The lowest BCUT2D eigenvalue weighted by Crippen LogP contribution is -2.54. The lowest BCUT2D eigenvalue weighted by molar-refractivity contribution is -0.140. The zero-order chi connectivity index (χ0) is 14.6. The van der Waals surface area contributed by atoms with Crippen molar-refractivity contribution >= 4 is 27.8 Å². The molecule has 0 aliphatic heterocycles. The number of rotatable bonds is 6. The van der Waals surface area contributed by atoms with Gasteiger partial charge in [-0.05, 0) is 43.4 Å². The third kappa shape index (κ3) is 4.07. The van der Waals surface area contributed by atoms with Crippen molar-refractivity contribution in [2.24, 2.45) is 0 Å². The average Bonchev–Trinajstić information content (AvgIpc) is 2.35. The predicted octanol–water partition coefficient (Wildman–Crippen LogP) is 2.90. The minimum Gasteiger partial charge on any atom is -0.481 e. The highest BCUT2D eigenvalue weighted by molar-refractivity contribution is 9.10. The van der Waals surface area contributed by atoms with E-state index in [0.29, 0.717) is 12.8 Å². The number of carbonyl (C=O) groups excluding carboxylic acids is 1. The molecule has 20 heavy (non-hydrogen) atoms. The van der Waals surface area contributed by atoms with Crippen LogP contribution in [0.1, 0.15) is 37.7 Å². The van der Waals surface area contributed by atoms with Crippen molar-refractivity contribution in [1.29, 1.82) is 0 Å². The van der Waals surface area contributed by atoms with Crippen LogP contribution < -0.4 is 5.32 Å². The summed E-state index contributed by atoms with van der Waals surface area (Å²) in [6.07, 6.45) is 3.61. The van der Waals surface area contributed by atoms with E-state index in [1.807, 2.05) is 24.3 Å². The fourth-order valence-electron chi connectivity index (χ4n) is 2.51. The number of aryl methyl sites for hydroxylation is 1. The van der Waals surface area contributed by atoms with E-state index in [0.717, 1.165) is 29.3 Å². The van der Waals surface area contributed by atoms with Gasteiger partial charge in [0.15, 0.2) is 0 Å². The van der Waals surface area contributed by atoms with Gasteiger partial charge in [0.2, 0.25) is 5.91 Å². The Morgan fingerprint density at radius 1 is 1.25 bits per heavy atom. The average molecular weight is 340 g/mol. The summed E-state index contributed by atoms with van der Waals surface area (Å²) < 4.78 is 1.01. The van der Waals surface area contributed by atoms with Crippen LogP contribution in [0.4, 0.5) is 0 Å². The molecule has 2 N–H and O–H groups in total. The Kier molecular flexibility index (Phi) is 4.81. The van der Waals surface area contributed by atoms with Gasteiger partial charge < -0.3 is 10.4 Å². The fraction of sp³-hybridized carbons (Fsp3) is 0.467. The maximum absolute atomic E-state index is 12.0. The molecule has 1 aromatic rings. The minimum absolute atomic E-state index is 0.0248. The quantitative estimate of drug-likeness (QED) is 0.837. The number of halogens is 1. The number of hydrogen-bond acceptors (Lipinski definition) is 2. The molecule has 4 nitrogen and oxygen atoms in total. The Hall–Kier alpha value is -1.36. The van der Waals surface area contributed by atoms with Crippen molar-refractivity contribution in [2.45, 2.75) is 44.1 Å². The number of aliphatic carboxylic acids is 1. The molecule has 0 aromatic heterocycles. The van der Waals surface area contributed by atoms with E-state index in [9.17, 15) is 9.59 Å². The number of carbonyl (C=O) groups is 2. The van der Waals surface area contributed by atoms with Crippen LogP contribution in [0.25, 0.3) is 0 Å². The third-order valence-corrected chi connectivity index (χ3v) is 4.29. The van der Waals surface area contributed by atoms with Crippen molar-refractivity contribution in [2.75, 3.05) is 0 Å². The highest BCUT2D eigenvalue weighted by atomic mass is 79.9. The zero-order valence-electron chi connectivity index (χ0n) is 11.2. The van der Waals surface area contributed by atoms with Gasteiger partial charge in [0.05, 0.1) is 12.0 Å². The van der Waals surface area contributed by atoms with E-state index in [2.05, 4.69) is 21.2 Å².